The van der Waals surface area contributed by atoms with E-state index in [1.54, 1.807) is 17.4 Å². The Kier molecular flexibility index (Phi) is 6.07. The minimum absolute atomic E-state index is 0.617. The Hall–Kier alpha value is -3.21. The van der Waals surface area contributed by atoms with E-state index in [9.17, 15) is 5.26 Å². The minimum Gasteiger partial charge on any atom is -0.360 e. The van der Waals surface area contributed by atoms with Crippen LogP contribution in [0.3, 0.4) is 0 Å². The average molecular weight is 417 g/mol. The summed E-state index contributed by atoms with van der Waals surface area (Å²) in [6.07, 6.45) is 0. The summed E-state index contributed by atoms with van der Waals surface area (Å²) in [5, 5.41) is 18.0. The molecule has 0 spiro atoms. The fraction of sp³-hybridized carbons (Fsp3) is 0.261. The molecule has 0 amide bonds. The summed E-state index contributed by atoms with van der Waals surface area (Å²) >= 11 is 1.57. The number of para-hydroxylation sites is 1. The molecule has 0 atom stereocenters. The van der Waals surface area contributed by atoms with Gasteiger partial charge in [-0.05, 0) is 37.4 Å². The lowest BCUT2D eigenvalue weighted by Crippen LogP contribution is -2.28. The first-order valence-electron chi connectivity index (χ1n) is 10.1. The van der Waals surface area contributed by atoms with E-state index >= 15 is 0 Å². The molecule has 0 aliphatic carbocycles. The van der Waals surface area contributed by atoms with Crippen LogP contribution in [0.5, 0.6) is 0 Å². The van der Waals surface area contributed by atoms with Crippen molar-refractivity contribution in [2.75, 3.05) is 36.8 Å². The Morgan fingerprint density at radius 1 is 1.07 bits per heavy atom. The van der Waals surface area contributed by atoms with Crippen molar-refractivity contribution >= 4 is 49.1 Å². The lowest BCUT2D eigenvalue weighted by Gasteiger charge is -2.17. The van der Waals surface area contributed by atoms with Crippen molar-refractivity contribution in [2.45, 2.75) is 13.8 Å². The summed E-state index contributed by atoms with van der Waals surface area (Å²) in [6, 6.07) is 17.7. The van der Waals surface area contributed by atoms with E-state index in [2.05, 4.69) is 35.5 Å². The van der Waals surface area contributed by atoms with Gasteiger partial charge >= 0.3 is 0 Å². The maximum Gasteiger partial charge on any atom is 0.185 e. The standard InChI is InChI=1S/C23H24N6S/c1-3-29(4-2)13-12-25-23-28-21-20(26-17-9-7-8-16(14-17)15-24)18-10-5-6-11-19(18)27-22(21)30-23/h5-11,14H,3-4,12-13H2,1-2H3,(H,25,28)(H,26,27). The first-order chi connectivity index (χ1) is 14.7. The van der Waals surface area contributed by atoms with Crippen LogP contribution in [-0.4, -0.2) is 41.0 Å². The second-order valence-electron chi connectivity index (χ2n) is 6.95. The molecule has 4 aromatic rings. The number of hydrogen-bond acceptors (Lipinski definition) is 7. The lowest BCUT2D eigenvalue weighted by molar-refractivity contribution is 0.316. The summed E-state index contributed by atoms with van der Waals surface area (Å²) in [6.45, 7) is 8.26. The molecule has 2 aromatic carbocycles. The van der Waals surface area contributed by atoms with Crippen LogP contribution in [0.15, 0.2) is 48.5 Å². The summed E-state index contributed by atoms with van der Waals surface area (Å²) < 4.78 is 0. The molecule has 2 N–H and O–H groups in total. The number of benzene rings is 2. The van der Waals surface area contributed by atoms with E-state index in [-0.39, 0.29) is 0 Å². The molecule has 2 aromatic heterocycles. The second-order valence-corrected chi connectivity index (χ2v) is 7.93. The van der Waals surface area contributed by atoms with Crippen LogP contribution in [0.4, 0.5) is 16.5 Å². The Balaban J connectivity index is 1.70. The zero-order valence-corrected chi connectivity index (χ0v) is 18.0. The summed E-state index contributed by atoms with van der Waals surface area (Å²) in [4.78, 5) is 12.9. The number of fused-ring (bicyclic) bond motifs is 2. The van der Waals surface area contributed by atoms with Gasteiger partial charge in [-0.3, -0.25) is 0 Å². The van der Waals surface area contributed by atoms with Gasteiger partial charge in [0.25, 0.3) is 0 Å². The summed E-state index contributed by atoms with van der Waals surface area (Å²) in [5.74, 6) is 0. The quantitative estimate of drug-likeness (QED) is 0.410. The van der Waals surface area contributed by atoms with Crippen LogP contribution in [-0.2, 0) is 0 Å². The molecule has 0 bridgehead atoms. The third-order valence-corrected chi connectivity index (χ3v) is 6.01. The van der Waals surface area contributed by atoms with Gasteiger partial charge in [0.15, 0.2) is 5.13 Å². The third kappa shape index (κ3) is 4.20. The van der Waals surface area contributed by atoms with Gasteiger partial charge in [0, 0.05) is 24.2 Å². The van der Waals surface area contributed by atoms with Crippen LogP contribution >= 0.6 is 11.3 Å². The molecule has 152 valence electrons. The van der Waals surface area contributed by atoms with E-state index in [0.717, 1.165) is 63.9 Å². The van der Waals surface area contributed by atoms with Crippen molar-refractivity contribution in [3.8, 4) is 6.07 Å². The van der Waals surface area contributed by atoms with E-state index in [0.29, 0.717) is 5.56 Å². The molecule has 0 aliphatic heterocycles. The molecule has 7 heteroatoms. The Morgan fingerprint density at radius 3 is 2.70 bits per heavy atom. The van der Waals surface area contributed by atoms with Gasteiger partial charge in [0.05, 0.1) is 22.8 Å². The lowest BCUT2D eigenvalue weighted by atomic mass is 10.1. The number of thiazole rings is 1. The topological polar surface area (TPSA) is 76.9 Å². The van der Waals surface area contributed by atoms with Gasteiger partial charge in [-0.2, -0.15) is 5.26 Å². The van der Waals surface area contributed by atoms with Crippen molar-refractivity contribution in [3.05, 3.63) is 54.1 Å². The zero-order chi connectivity index (χ0) is 20.9. The number of hydrogen-bond donors (Lipinski definition) is 2. The smallest absolute Gasteiger partial charge is 0.185 e. The van der Waals surface area contributed by atoms with Gasteiger partial charge in [0.2, 0.25) is 0 Å². The third-order valence-electron chi connectivity index (χ3n) is 5.10. The number of nitrogens with zero attached hydrogens (tertiary/aromatic N) is 4. The van der Waals surface area contributed by atoms with Crippen molar-refractivity contribution in [2.24, 2.45) is 0 Å². The largest absolute Gasteiger partial charge is 0.360 e. The summed E-state index contributed by atoms with van der Waals surface area (Å²) in [7, 11) is 0. The average Bonchev–Trinajstić information content (AvgIpc) is 3.19. The number of likely N-dealkylation sites (N-methyl/N-ethyl adjacent to an activating group) is 1. The molecule has 0 aliphatic rings. The number of pyridine rings is 1. The van der Waals surface area contributed by atoms with Crippen LogP contribution in [0.25, 0.3) is 21.3 Å². The van der Waals surface area contributed by atoms with E-state index in [4.69, 9.17) is 9.97 Å². The Labute approximate surface area is 180 Å². The van der Waals surface area contributed by atoms with Crippen molar-refractivity contribution in [3.63, 3.8) is 0 Å². The van der Waals surface area contributed by atoms with Crippen LogP contribution in [0.1, 0.15) is 19.4 Å². The number of rotatable bonds is 8. The fourth-order valence-corrected chi connectivity index (χ4v) is 4.33. The highest BCUT2D eigenvalue weighted by Crippen LogP contribution is 2.36. The van der Waals surface area contributed by atoms with Gasteiger partial charge in [-0.1, -0.05) is 49.4 Å². The van der Waals surface area contributed by atoms with Gasteiger partial charge in [0.1, 0.15) is 10.3 Å². The maximum atomic E-state index is 9.22. The number of nitriles is 1. The Morgan fingerprint density at radius 2 is 1.90 bits per heavy atom. The van der Waals surface area contributed by atoms with E-state index < -0.39 is 0 Å². The predicted octanol–water partition coefficient (Wildman–Crippen LogP) is 5.21. The second kappa shape index (κ2) is 9.08. The molecular formula is C23H24N6S. The van der Waals surface area contributed by atoms with Crippen molar-refractivity contribution in [1.29, 1.82) is 5.26 Å². The monoisotopic (exact) mass is 416 g/mol. The fourth-order valence-electron chi connectivity index (χ4n) is 3.44. The highest BCUT2D eigenvalue weighted by Gasteiger charge is 2.15. The predicted molar refractivity (Wildman–Crippen MR) is 126 cm³/mol. The van der Waals surface area contributed by atoms with Crippen LogP contribution in [0.2, 0.25) is 0 Å². The first kappa shape index (κ1) is 20.1. The Bertz CT molecular complexity index is 1210. The van der Waals surface area contributed by atoms with Crippen LogP contribution in [0, 0.1) is 11.3 Å². The minimum atomic E-state index is 0.617. The number of nitrogens with one attached hydrogen (secondary N) is 2. The molecule has 0 saturated carbocycles. The van der Waals surface area contributed by atoms with Crippen molar-refractivity contribution < 1.29 is 0 Å². The summed E-state index contributed by atoms with van der Waals surface area (Å²) in [5.41, 5.74) is 4.15. The molecule has 0 fully saturated rings. The number of aromatic nitrogens is 2. The van der Waals surface area contributed by atoms with E-state index in [1.165, 1.54) is 0 Å². The molecule has 0 unspecified atom stereocenters. The molecule has 0 saturated heterocycles. The molecule has 30 heavy (non-hydrogen) atoms. The SMILES string of the molecule is CCN(CC)CCNc1nc2c(Nc3cccc(C#N)c3)c3ccccc3nc2s1. The first-order valence-corrected chi connectivity index (χ1v) is 11.0. The normalized spacial score (nSPS) is 11.1. The molecule has 0 radical (unpaired) electrons. The number of anilines is 3. The molecule has 2 heterocycles. The molecule has 4 rings (SSSR count). The van der Waals surface area contributed by atoms with Gasteiger partial charge in [-0.15, -0.1) is 0 Å². The maximum absolute atomic E-state index is 9.22. The van der Waals surface area contributed by atoms with E-state index in [1.807, 2.05) is 42.5 Å². The van der Waals surface area contributed by atoms with Crippen molar-refractivity contribution in [1.82, 2.24) is 14.9 Å². The highest BCUT2D eigenvalue weighted by molar-refractivity contribution is 7.21. The molecule has 6 nitrogen and oxygen atoms in total. The highest BCUT2D eigenvalue weighted by atomic mass is 32.1. The zero-order valence-electron chi connectivity index (χ0n) is 17.1. The van der Waals surface area contributed by atoms with Gasteiger partial charge in [-0.25, -0.2) is 9.97 Å². The van der Waals surface area contributed by atoms with Crippen LogP contribution < -0.4 is 10.6 Å². The van der Waals surface area contributed by atoms with Gasteiger partial charge < -0.3 is 15.5 Å². The molecular weight excluding hydrogens is 392 g/mol.